The summed E-state index contributed by atoms with van der Waals surface area (Å²) in [6.07, 6.45) is 2.80. The van der Waals surface area contributed by atoms with Crippen molar-refractivity contribution in [1.82, 2.24) is 9.80 Å². The van der Waals surface area contributed by atoms with E-state index in [1.807, 2.05) is 37.1 Å². The summed E-state index contributed by atoms with van der Waals surface area (Å²) in [6, 6.07) is 5.96. The van der Waals surface area contributed by atoms with Gasteiger partial charge in [-0.2, -0.15) is 0 Å². The Bertz CT molecular complexity index is 517. The topological polar surface area (TPSA) is 35.6 Å². The van der Waals surface area contributed by atoms with Gasteiger partial charge in [0.15, 0.2) is 0 Å². The highest BCUT2D eigenvalue weighted by Gasteiger charge is 2.28. The maximum Gasteiger partial charge on any atom is 0.254 e. The van der Waals surface area contributed by atoms with Crippen molar-refractivity contribution in [2.75, 3.05) is 45.1 Å². The number of hydrogen-bond donors (Lipinski definition) is 1. The van der Waals surface area contributed by atoms with Crippen LogP contribution < -0.4 is 5.32 Å². The number of piperazine rings is 1. The third kappa shape index (κ3) is 3.38. The maximum atomic E-state index is 12.6. The van der Waals surface area contributed by atoms with Crippen molar-refractivity contribution in [2.45, 2.75) is 19.8 Å². The van der Waals surface area contributed by atoms with Crippen LogP contribution in [-0.2, 0) is 0 Å². The number of carbonyl (C=O) groups is 1. The summed E-state index contributed by atoms with van der Waals surface area (Å²) >= 11 is 0. The molecule has 21 heavy (non-hydrogen) atoms. The first kappa shape index (κ1) is 14.4. The third-order valence-electron chi connectivity index (χ3n) is 4.62. The fourth-order valence-electron chi connectivity index (χ4n) is 3.03. The Labute approximate surface area is 127 Å². The average Bonchev–Trinajstić information content (AvgIpc) is 3.31. The first-order chi connectivity index (χ1) is 10.2. The van der Waals surface area contributed by atoms with Gasteiger partial charge in [-0.1, -0.05) is 0 Å². The Balaban J connectivity index is 1.60. The van der Waals surface area contributed by atoms with E-state index < -0.39 is 0 Å². The molecule has 0 spiro atoms. The van der Waals surface area contributed by atoms with Crippen molar-refractivity contribution in [3.05, 3.63) is 29.3 Å². The highest BCUT2D eigenvalue weighted by molar-refractivity contribution is 5.96. The van der Waals surface area contributed by atoms with Crippen molar-refractivity contribution < 1.29 is 4.79 Å². The fraction of sp³-hybridized carbons (Fsp3) is 0.588. The molecule has 0 bridgehead atoms. The van der Waals surface area contributed by atoms with Crippen LogP contribution >= 0.6 is 0 Å². The van der Waals surface area contributed by atoms with E-state index in [1.165, 1.54) is 19.4 Å². The van der Waals surface area contributed by atoms with Crippen LogP contribution in [0.25, 0.3) is 0 Å². The summed E-state index contributed by atoms with van der Waals surface area (Å²) in [5.74, 6) is 1.12. The van der Waals surface area contributed by atoms with E-state index in [1.54, 1.807) is 0 Å². The smallest absolute Gasteiger partial charge is 0.254 e. The maximum absolute atomic E-state index is 12.6. The van der Waals surface area contributed by atoms with Crippen molar-refractivity contribution in [3.63, 3.8) is 0 Å². The summed E-state index contributed by atoms with van der Waals surface area (Å²) < 4.78 is 0. The second-order valence-corrected chi connectivity index (χ2v) is 6.32. The lowest BCUT2D eigenvalue weighted by Gasteiger charge is -2.35. The zero-order chi connectivity index (χ0) is 14.8. The Morgan fingerprint density at radius 2 is 1.95 bits per heavy atom. The van der Waals surface area contributed by atoms with E-state index in [2.05, 4.69) is 10.2 Å². The number of nitrogens with zero attached hydrogens (tertiary/aromatic N) is 2. The standard InChI is InChI=1S/C17H25N3O/c1-13-11-15(18-2)5-6-16(13)17(21)20-9-7-19(8-10-20)12-14-3-4-14/h5-6,11,14,18H,3-4,7-10,12H2,1-2H3. The number of anilines is 1. The number of rotatable bonds is 4. The number of nitrogens with one attached hydrogen (secondary N) is 1. The van der Waals surface area contributed by atoms with Crippen molar-refractivity contribution in [1.29, 1.82) is 0 Å². The molecule has 4 heteroatoms. The number of aryl methyl sites for hydroxylation is 1. The molecule has 114 valence electrons. The minimum atomic E-state index is 0.182. The zero-order valence-corrected chi connectivity index (χ0v) is 13.1. The molecule has 1 aromatic carbocycles. The highest BCUT2D eigenvalue weighted by Crippen LogP contribution is 2.30. The van der Waals surface area contributed by atoms with Gasteiger partial charge in [-0.3, -0.25) is 9.69 Å². The van der Waals surface area contributed by atoms with Crippen LogP contribution in [0, 0.1) is 12.8 Å². The normalized spacial score (nSPS) is 19.6. The molecule has 1 saturated heterocycles. The predicted octanol–water partition coefficient (Wildman–Crippen LogP) is 2.20. The highest BCUT2D eigenvalue weighted by atomic mass is 16.2. The van der Waals surface area contributed by atoms with E-state index in [9.17, 15) is 4.79 Å². The van der Waals surface area contributed by atoms with Gasteiger partial charge in [0.1, 0.15) is 0 Å². The van der Waals surface area contributed by atoms with Gasteiger partial charge < -0.3 is 10.2 Å². The molecule has 1 amide bonds. The van der Waals surface area contributed by atoms with Gasteiger partial charge >= 0.3 is 0 Å². The third-order valence-corrected chi connectivity index (χ3v) is 4.62. The number of benzene rings is 1. The molecule has 1 aliphatic heterocycles. The van der Waals surface area contributed by atoms with Gasteiger partial charge in [-0.25, -0.2) is 0 Å². The summed E-state index contributed by atoms with van der Waals surface area (Å²) in [7, 11) is 1.90. The van der Waals surface area contributed by atoms with Crippen LogP contribution in [0.1, 0.15) is 28.8 Å². The molecule has 3 rings (SSSR count). The molecule has 0 atom stereocenters. The lowest BCUT2D eigenvalue weighted by molar-refractivity contribution is 0.0631. The van der Waals surface area contributed by atoms with Gasteiger partial charge in [0.2, 0.25) is 0 Å². The Hall–Kier alpha value is -1.55. The number of carbonyl (C=O) groups excluding carboxylic acids is 1. The molecular formula is C17H25N3O. The largest absolute Gasteiger partial charge is 0.388 e. The van der Waals surface area contributed by atoms with Gasteiger partial charge in [-0.15, -0.1) is 0 Å². The van der Waals surface area contributed by atoms with Crippen molar-refractivity contribution in [3.8, 4) is 0 Å². The molecule has 2 aliphatic rings. The molecule has 1 aromatic rings. The Morgan fingerprint density at radius 1 is 1.24 bits per heavy atom. The van der Waals surface area contributed by atoms with Gasteiger partial charge in [0.25, 0.3) is 5.91 Å². The van der Waals surface area contributed by atoms with Crippen LogP contribution in [0.2, 0.25) is 0 Å². The summed E-state index contributed by atoms with van der Waals surface area (Å²) in [6.45, 7) is 7.01. The first-order valence-electron chi connectivity index (χ1n) is 7.97. The van der Waals surface area contributed by atoms with Gasteiger partial charge in [0, 0.05) is 51.0 Å². The van der Waals surface area contributed by atoms with Crippen LogP contribution in [0.5, 0.6) is 0 Å². The van der Waals surface area contributed by atoms with Crippen LogP contribution in [0.4, 0.5) is 5.69 Å². The van der Waals surface area contributed by atoms with Crippen molar-refractivity contribution >= 4 is 11.6 Å². The Kier molecular flexibility index (Phi) is 4.15. The number of amides is 1. The van der Waals surface area contributed by atoms with E-state index in [4.69, 9.17) is 0 Å². The summed E-state index contributed by atoms with van der Waals surface area (Å²) in [5, 5.41) is 3.11. The molecule has 0 unspecified atom stereocenters. The second-order valence-electron chi connectivity index (χ2n) is 6.32. The van der Waals surface area contributed by atoms with Gasteiger partial charge in [0.05, 0.1) is 0 Å². The molecule has 0 radical (unpaired) electrons. The SMILES string of the molecule is CNc1ccc(C(=O)N2CCN(CC3CC3)CC2)c(C)c1. The first-order valence-corrected chi connectivity index (χ1v) is 7.97. The number of hydrogen-bond acceptors (Lipinski definition) is 3. The molecular weight excluding hydrogens is 262 g/mol. The molecule has 0 aromatic heterocycles. The van der Waals surface area contributed by atoms with Crippen LogP contribution in [0.3, 0.4) is 0 Å². The molecule has 1 heterocycles. The average molecular weight is 287 g/mol. The van der Waals surface area contributed by atoms with Gasteiger partial charge in [-0.05, 0) is 49.4 Å². The fourth-order valence-corrected chi connectivity index (χ4v) is 3.03. The summed E-state index contributed by atoms with van der Waals surface area (Å²) in [5.41, 5.74) is 2.94. The molecule has 1 N–H and O–H groups in total. The quantitative estimate of drug-likeness (QED) is 0.922. The molecule has 4 nitrogen and oxygen atoms in total. The zero-order valence-electron chi connectivity index (χ0n) is 13.1. The lowest BCUT2D eigenvalue weighted by Crippen LogP contribution is -2.49. The molecule has 1 saturated carbocycles. The second kappa shape index (κ2) is 6.06. The monoisotopic (exact) mass is 287 g/mol. The molecule has 1 aliphatic carbocycles. The Morgan fingerprint density at radius 3 is 2.52 bits per heavy atom. The predicted molar refractivity (Wildman–Crippen MR) is 85.8 cm³/mol. The van der Waals surface area contributed by atoms with E-state index in [0.29, 0.717) is 0 Å². The lowest BCUT2D eigenvalue weighted by atomic mass is 10.1. The van der Waals surface area contributed by atoms with Crippen LogP contribution in [0.15, 0.2) is 18.2 Å². The van der Waals surface area contributed by atoms with Crippen LogP contribution in [-0.4, -0.2) is 55.5 Å². The van der Waals surface area contributed by atoms with E-state index in [-0.39, 0.29) is 5.91 Å². The van der Waals surface area contributed by atoms with E-state index >= 15 is 0 Å². The van der Waals surface area contributed by atoms with Crippen molar-refractivity contribution in [2.24, 2.45) is 5.92 Å². The molecule has 2 fully saturated rings. The summed E-state index contributed by atoms with van der Waals surface area (Å²) in [4.78, 5) is 17.2. The van der Waals surface area contributed by atoms with E-state index in [0.717, 1.165) is 48.9 Å². The minimum Gasteiger partial charge on any atom is -0.388 e. The minimum absolute atomic E-state index is 0.182.